The molecule has 0 radical (unpaired) electrons. The third-order valence-corrected chi connectivity index (χ3v) is 6.27. The zero-order chi connectivity index (χ0) is 19.7. The fourth-order valence-corrected chi connectivity index (χ4v) is 4.53. The number of hydrogen-bond acceptors (Lipinski definition) is 5. The van der Waals surface area contributed by atoms with Crippen molar-refractivity contribution in [1.29, 1.82) is 0 Å². The van der Waals surface area contributed by atoms with Gasteiger partial charge >= 0.3 is 0 Å². The number of anilines is 2. The Morgan fingerprint density at radius 2 is 1.89 bits per heavy atom. The minimum absolute atomic E-state index is 0.0850. The molecule has 28 heavy (non-hydrogen) atoms. The first-order valence-corrected chi connectivity index (χ1v) is 10.7. The Morgan fingerprint density at radius 3 is 2.61 bits per heavy atom. The van der Waals surface area contributed by atoms with Gasteiger partial charge in [0.15, 0.2) is 5.13 Å². The van der Waals surface area contributed by atoms with Gasteiger partial charge in [-0.2, -0.15) is 0 Å². The number of thiazole rings is 1. The molecule has 0 bridgehead atoms. The molecular weight excluding hydrogens is 396 g/mol. The maximum atomic E-state index is 12.5. The highest BCUT2D eigenvalue weighted by Crippen LogP contribution is 2.21. The summed E-state index contributed by atoms with van der Waals surface area (Å²) >= 11 is 1.19. The molecule has 0 saturated carbocycles. The average Bonchev–Trinajstić information content (AvgIpc) is 3.31. The van der Waals surface area contributed by atoms with Crippen LogP contribution in [0.1, 0.15) is 16.1 Å². The van der Waals surface area contributed by atoms with E-state index in [1.165, 1.54) is 29.7 Å². The van der Waals surface area contributed by atoms with Gasteiger partial charge in [-0.05, 0) is 49.4 Å². The van der Waals surface area contributed by atoms with Crippen LogP contribution in [-0.4, -0.2) is 24.3 Å². The van der Waals surface area contributed by atoms with Crippen LogP contribution in [0.25, 0.3) is 10.9 Å². The van der Waals surface area contributed by atoms with Crippen LogP contribution in [0, 0.1) is 6.92 Å². The van der Waals surface area contributed by atoms with Crippen molar-refractivity contribution >= 4 is 49.0 Å². The molecule has 0 atom stereocenters. The number of aromatic amines is 1. The predicted molar refractivity (Wildman–Crippen MR) is 110 cm³/mol. The lowest BCUT2D eigenvalue weighted by Gasteiger charge is -2.07. The molecule has 0 spiro atoms. The van der Waals surface area contributed by atoms with Crippen LogP contribution in [0.2, 0.25) is 0 Å². The zero-order valence-electron chi connectivity index (χ0n) is 14.8. The summed E-state index contributed by atoms with van der Waals surface area (Å²) < 4.78 is 27.1. The summed E-state index contributed by atoms with van der Waals surface area (Å²) in [4.78, 5) is 19.6. The number of amides is 1. The Balaban J connectivity index is 1.49. The van der Waals surface area contributed by atoms with Crippen molar-refractivity contribution in [1.82, 2.24) is 9.97 Å². The largest absolute Gasteiger partial charge is 0.351 e. The van der Waals surface area contributed by atoms with Gasteiger partial charge in [-0.3, -0.25) is 9.52 Å². The van der Waals surface area contributed by atoms with E-state index in [1.807, 2.05) is 25.1 Å². The Kier molecular flexibility index (Phi) is 4.62. The van der Waals surface area contributed by atoms with Gasteiger partial charge in [0.2, 0.25) is 0 Å². The number of carbonyl (C=O) groups is 1. The molecule has 0 aliphatic carbocycles. The molecule has 9 heteroatoms. The predicted octanol–water partition coefficient (Wildman–Crippen LogP) is 3.99. The molecule has 4 rings (SSSR count). The first-order valence-electron chi connectivity index (χ1n) is 8.34. The monoisotopic (exact) mass is 412 g/mol. The highest BCUT2D eigenvalue weighted by Gasteiger charge is 2.16. The number of aromatic nitrogens is 2. The molecule has 2 aromatic carbocycles. The van der Waals surface area contributed by atoms with Crippen LogP contribution in [0.4, 0.5) is 10.8 Å². The lowest BCUT2D eigenvalue weighted by atomic mass is 10.2. The lowest BCUT2D eigenvalue weighted by molar-refractivity contribution is 0.102. The van der Waals surface area contributed by atoms with Gasteiger partial charge in [0.05, 0.1) is 4.90 Å². The van der Waals surface area contributed by atoms with Crippen molar-refractivity contribution in [3.8, 4) is 0 Å². The molecule has 142 valence electrons. The number of nitrogens with one attached hydrogen (secondary N) is 3. The number of carbonyl (C=O) groups excluding carboxylic acids is 1. The minimum atomic E-state index is -3.72. The van der Waals surface area contributed by atoms with Crippen LogP contribution in [0.15, 0.2) is 65.0 Å². The number of hydrogen-bond donors (Lipinski definition) is 3. The van der Waals surface area contributed by atoms with Gasteiger partial charge in [-0.15, -0.1) is 11.3 Å². The maximum Gasteiger partial charge on any atom is 0.272 e. The van der Waals surface area contributed by atoms with Crippen molar-refractivity contribution in [2.75, 3.05) is 10.0 Å². The summed E-state index contributed by atoms with van der Waals surface area (Å²) in [6.45, 7) is 1.99. The van der Waals surface area contributed by atoms with E-state index in [9.17, 15) is 13.2 Å². The number of H-pyrrole nitrogens is 1. The second kappa shape index (κ2) is 7.10. The highest BCUT2D eigenvalue weighted by molar-refractivity contribution is 7.93. The minimum Gasteiger partial charge on any atom is -0.351 e. The summed E-state index contributed by atoms with van der Waals surface area (Å²) in [7, 11) is -3.72. The third-order valence-electron chi connectivity index (χ3n) is 4.10. The van der Waals surface area contributed by atoms with Crippen molar-refractivity contribution in [2.45, 2.75) is 11.8 Å². The highest BCUT2D eigenvalue weighted by atomic mass is 32.2. The van der Waals surface area contributed by atoms with E-state index in [4.69, 9.17) is 0 Å². The first-order chi connectivity index (χ1) is 13.4. The topological polar surface area (TPSA) is 104 Å². The van der Waals surface area contributed by atoms with Crippen LogP contribution >= 0.6 is 11.3 Å². The van der Waals surface area contributed by atoms with E-state index < -0.39 is 10.0 Å². The van der Waals surface area contributed by atoms with E-state index in [2.05, 4.69) is 20.0 Å². The van der Waals surface area contributed by atoms with Gasteiger partial charge in [-0.25, -0.2) is 13.4 Å². The molecule has 0 saturated heterocycles. The van der Waals surface area contributed by atoms with Gasteiger partial charge in [0.25, 0.3) is 15.9 Å². The summed E-state index contributed by atoms with van der Waals surface area (Å²) in [6.07, 6.45) is 1.52. The van der Waals surface area contributed by atoms with Crippen molar-refractivity contribution < 1.29 is 13.2 Å². The van der Waals surface area contributed by atoms with E-state index >= 15 is 0 Å². The maximum absolute atomic E-state index is 12.5. The molecule has 0 aliphatic heterocycles. The first kappa shape index (κ1) is 18.2. The summed E-state index contributed by atoms with van der Waals surface area (Å²) in [5, 5.41) is 5.70. The molecule has 3 N–H and O–H groups in total. The molecule has 7 nitrogen and oxygen atoms in total. The third kappa shape index (κ3) is 3.75. The van der Waals surface area contributed by atoms with E-state index in [0.29, 0.717) is 16.5 Å². The molecule has 2 aromatic heterocycles. The standard InChI is InChI=1S/C19H16N4O3S2/c1-12-2-7-16-13(10-12)11-17(22-16)18(24)21-14-3-5-15(6-4-14)28(25,26)23-19-20-8-9-27-19/h2-11,22H,1H3,(H,20,23)(H,21,24). The Morgan fingerprint density at radius 1 is 1.11 bits per heavy atom. The number of fused-ring (bicyclic) bond motifs is 1. The van der Waals surface area contributed by atoms with Crippen molar-refractivity contribution in [3.63, 3.8) is 0 Å². The van der Waals surface area contributed by atoms with Crippen molar-refractivity contribution in [3.05, 3.63) is 71.4 Å². The normalized spacial score (nSPS) is 11.5. The van der Waals surface area contributed by atoms with Gasteiger partial charge in [0, 0.05) is 28.2 Å². The number of rotatable bonds is 5. The Hall–Kier alpha value is -3.17. The van der Waals surface area contributed by atoms with Gasteiger partial charge in [0.1, 0.15) is 5.69 Å². The van der Waals surface area contributed by atoms with E-state index in [1.54, 1.807) is 23.6 Å². The molecule has 2 heterocycles. The van der Waals surface area contributed by atoms with Crippen LogP contribution in [-0.2, 0) is 10.0 Å². The second-order valence-corrected chi connectivity index (χ2v) is 8.77. The fourth-order valence-electron chi connectivity index (χ4n) is 2.74. The zero-order valence-corrected chi connectivity index (χ0v) is 16.4. The molecular formula is C19H16N4O3S2. The summed E-state index contributed by atoms with van der Waals surface area (Å²) in [6, 6.07) is 13.6. The SMILES string of the molecule is Cc1ccc2[nH]c(C(=O)Nc3ccc(S(=O)(=O)Nc4nccs4)cc3)cc2c1. The average molecular weight is 412 g/mol. The van der Waals surface area contributed by atoms with E-state index in [0.717, 1.165) is 16.5 Å². The van der Waals surface area contributed by atoms with Crippen molar-refractivity contribution in [2.24, 2.45) is 0 Å². The second-order valence-electron chi connectivity index (χ2n) is 6.19. The number of nitrogens with zero attached hydrogens (tertiary/aromatic N) is 1. The summed E-state index contributed by atoms with van der Waals surface area (Å²) in [5.74, 6) is -0.301. The smallest absolute Gasteiger partial charge is 0.272 e. The Labute approximate surface area is 165 Å². The molecule has 0 unspecified atom stereocenters. The molecule has 1 amide bonds. The van der Waals surface area contributed by atoms with Crippen LogP contribution in [0.5, 0.6) is 0 Å². The number of aryl methyl sites for hydroxylation is 1. The van der Waals surface area contributed by atoms with Crippen LogP contribution in [0.3, 0.4) is 0 Å². The quantitative estimate of drug-likeness (QED) is 0.461. The summed E-state index contributed by atoms with van der Waals surface area (Å²) in [5.41, 5.74) is 2.92. The van der Waals surface area contributed by atoms with E-state index in [-0.39, 0.29) is 10.8 Å². The van der Waals surface area contributed by atoms with Crippen LogP contribution < -0.4 is 10.0 Å². The molecule has 0 fully saturated rings. The van der Waals surface area contributed by atoms with Gasteiger partial charge < -0.3 is 10.3 Å². The molecule has 0 aliphatic rings. The van der Waals surface area contributed by atoms with Gasteiger partial charge in [-0.1, -0.05) is 11.6 Å². The number of benzene rings is 2. The molecule has 4 aromatic rings. The Bertz CT molecular complexity index is 1240. The number of sulfonamides is 1. The lowest BCUT2D eigenvalue weighted by Crippen LogP contribution is -2.14. The fraction of sp³-hybridized carbons (Fsp3) is 0.0526.